The molecule has 1 fully saturated rings. The first kappa shape index (κ1) is 8.49. The summed E-state index contributed by atoms with van der Waals surface area (Å²) in [7, 11) is 3.52. The molecule has 1 rings (SSSR count). The van der Waals surface area contributed by atoms with Crippen molar-refractivity contribution >= 4 is 5.91 Å². The fraction of sp³-hybridized carbons (Fsp3) is 0.857. The van der Waals surface area contributed by atoms with E-state index in [0.29, 0.717) is 13.0 Å². The van der Waals surface area contributed by atoms with Gasteiger partial charge in [-0.15, -0.1) is 0 Å². The Morgan fingerprint density at radius 2 is 2.45 bits per heavy atom. The van der Waals surface area contributed by atoms with Gasteiger partial charge in [-0.1, -0.05) is 0 Å². The van der Waals surface area contributed by atoms with Gasteiger partial charge in [0.1, 0.15) is 0 Å². The zero-order valence-electron chi connectivity index (χ0n) is 6.96. The normalized spacial score (nSPS) is 26.9. The molecule has 0 radical (unpaired) electrons. The van der Waals surface area contributed by atoms with E-state index in [1.54, 1.807) is 7.05 Å². The minimum absolute atomic E-state index is 0.0434. The number of nitrogens with zero attached hydrogens (tertiary/aromatic N) is 1. The van der Waals surface area contributed by atoms with Crippen molar-refractivity contribution in [2.75, 3.05) is 20.7 Å². The number of carbonyl (C=O) groups excluding carboxylic acids is 1. The highest BCUT2D eigenvalue weighted by Crippen LogP contribution is 2.07. The molecule has 0 aromatic carbocycles. The Balaban J connectivity index is 2.48. The Kier molecular flexibility index (Phi) is 2.84. The van der Waals surface area contributed by atoms with Crippen molar-refractivity contribution in [2.24, 2.45) is 0 Å². The Morgan fingerprint density at radius 3 is 3.09 bits per heavy atom. The van der Waals surface area contributed by atoms with Gasteiger partial charge in [-0.25, -0.2) is 5.06 Å². The van der Waals surface area contributed by atoms with Crippen molar-refractivity contribution in [2.45, 2.75) is 18.9 Å². The summed E-state index contributed by atoms with van der Waals surface area (Å²) in [6, 6.07) is 0.271. The van der Waals surface area contributed by atoms with Crippen molar-refractivity contribution in [3.05, 3.63) is 0 Å². The lowest BCUT2D eigenvalue weighted by Gasteiger charge is -2.12. The van der Waals surface area contributed by atoms with Crippen molar-refractivity contribution in [3.8, 4) is 0 Å². The molecule has 1 unspecified atom stereocenters. The van der Waals surface area contributed by atoms with Crippen LogP contribution >= 0.6 is 0 Å². The van der Waals surface area contributed by atoms with Crippen LogP contribution in [0.25, 0.3) is 0 Å². The van der Waals surface area contributed by atoms with Gasteiger partial charge in [0.05, 0.1) is 6.61 Å². The molecule has 1 heterocycles. The van der Waals surface area contributed by atoms with Gasteiger partial charge in [0.25, 0.3) is 0 Å². The van der Waals surface area contributed by atoms with Crippen LogP contribution in [0.4, 0.5) is 0 Å². The topological polar surface area (TPSA) is 41.6 Å². The molecule has 0 bridgehead atoms. The van der Waals surface area contributed by atoms with E-state index in [4.69, 9.17) is 4.84 Å². The van der Waals surface area contributed by atoms with Gasteiger partial charge in [0.2, 0.25) is 5.91 Å². The molecular formula is C7H14N2O2. The van der Waals surface area contributed by atoms with E-state index in [0.717, 1.165) is 6.42 Å². The molecule has 1 aliphatic heterocycles. The summed E-state index contributed by atoms with van der Waals surface area (Å²) in [4.78, 5) is 16.2. The molecule has 11 heavy (non-hydrogen) atoms. The highest BCUT2D eigenvalue weighted by Gasteiger charge is 2.19. The smallest absolute Gasteiger partial charge is 0.247 e. The van der Waals surface area contributed by atoms with Crippen LogP contribution in [-0.4, -0.2) is 37.7 Å². The monoisotopic (exact) mass is 158 g/mol. The summed E-state index contributed by atoms with van der Waals surface area (Å²) >= 11 is 0. The Labute approximate surface area is 66.5 Å². The fourth-order valence-electron chi connectivity index (χ4n) is 1.09. The molecule has 64 valence electrons. The largest absolute Gasteiger partial charge is 0.316 e. The van der Waals surface area contributed by atoms with E-state index >= 15 is 0 Å². The first-order valence-corrected chi connectivity index (χ1v) is 3.80. The number of amides is 1. The van der Waals surface area contributed by atoms with Crippen LogP contribution in [0.2, 0.25) is 0 Å². The molecule has 0 saturated carbocycles. The highest BCUT2D eigenvalue weighted by atomic mass is 16.7. The van der Waals surface area contributed by atoms with Crippen molar-refractivity contribution < 1.29 is 9.63 Å². The van der Waals surface area contributed by atoms with E-state index in [-0.39, 0.29) is 11.9 Å². The van der Waals surface area contributed by atoms with Crippen LogP contribution in [0.3, 0.4) is 0 Å². The maximum Gasteiger partial charge on any atom is 0.247 e. The Bertz CT molecular complexity index is 149. The van der Waals surface area contributed by atoms with Gasteiger partial charge in [0.15, 0.2) is 0 Å². The lowest BCUT2D eigenvalue weighted by molar-refractivity contribution is -0.174. The summed E-state index contributed by atoms with van der Waals surface area (Å²) in [5, 5.41) is 4.38. The third-order valence-corrected chi connectivity index (χ3v) is 1.93. The molecule has 0 spiro atoms. The number of hydroxylamine groups is 2. The number of hydrogen-bond acceptors (Lipinski definition) is 3. The van der Waals surface area contributed by atoms with Crippen LogP contribution in [0, 0.1) is 0 Å². The minimum atomic E-state index is 0.0434. The summed E-state index contributed by atoms with van der Waals surface area (Å²) in [5.41, 5.74) is 0. The molecule has 1 amide bonds. The second-order valence-corrected chi connectivity index (χ2v) is 2.70. The number of nitrogens with one attached hydrogen (secondary N) is 1. The summed E-state index contributed by atoms with van der Waals surface area (Å²) in [5.74, 6) is 0.0434. The van der Waals surface area contributed by atoms with E-state index in [1.807, 2.05) is 7.05 Å². The predicted octanol–water partition coefficient (Wildman–Crippen LogP) is -0.242. The Morgan fingerprint density at radius 1 is 1.73 bits per heavy atom. The second kappa shape index (κ2) is 3.69. The first-order valence-electron chi connectivity index (χ1n) is 3.80. The van der Waals surface area contributed by atoms with E-state index in [1.165, 1.54) is 5.06 Å². The molecule has 0 aromatic heterocycles. The van der Waals surface area contributed by atoms with Crippen LogP contribution in [0.15, 0.2) is 0 Å². The predicted molar refractivity (Wildman–Crippen MR) is 40.8 cm³/mol. The zero-order valence-corrected chi connectivity index (χ0v) is 6.96. The maximum absolute atomic E-state index is 11.1. The SMILES string of the molecule is CNC1CCON(C)C(=O)C1. The fourth-order valence-corrected chi connectivity index (χ4v) is 1.09. The molecule has 0 aliphatic carbocycles. The van der Waals surface area contributed by atoms with E-state index < -0.39 is 0 Å². The summed E-state index contributed by atoms with van der Waals surface area (Å²) in [6.45, 7) is 0.619. The van der Waals surface area contributed by atoms with Gasteiger partial charge in [-0.05, 0) is 13.5 Å². The lowest BCUT2D eigenvalue weighted by atomic mass is 10.1. The average Bonchev–Trinajstić information content (AvgIpc) is 2.15. The molecule has 4 heteroatoms. The molecule has 1 aliphatic rings. The molecule has 1 saturated heterocycles. The molecule has 4 nitrogen and oxygen atoms in total. The number of hydrogen-bond donors (Lipinski definition) is 1. The van der Waals surface area contributed by atoms with Crippen molar-refractivity contribution in [1.82, 2.24) is 10.4 Å². The first-order chi connectivity index (χ1) is 5.24. The third kappa shape index (κ3) is 2.17. The maximum atomic E-state index is 11.1. The van der Waals surface area contributed by atoms with E-state index in [9.17, 15) is 4.79 Å². The van der Waals surface area contributed by atoms with Crippen molar-refractivity contribution in [1.29, 1.82) is 0 Å². The molecule has 1 atom stereocenters. The van der Waals surface area contributed by atoms with Crippen LogP contribution in [0.5, 0.6) is 0 Å². The van der Waals surface area contributed by atoms with Crippen molar-refractivity contribution in [3.63, 3.8) is 0 Å². The van der Waals surface area contributed by atoms with Crippen LogP contribution < -0.4 is 5.32 Å². The second-order valence-electron chi connectivity index (χ2n) is 2.70. The standard InChI is InChI=1S/C7H14N2O2/c1-8-6-3-4-11-9(2)7(10)5-6/h6,8H,3-5H2,1-2H3. The number of rotatable bonds is 1. The Hall–Kier alpha value is -0.610. The average molecular weight is 158 g/mol. The lowest BCUT2D eigenvalue weighted by Crippen LogP contribution is -2.30. The zero-order chi connectivity index (χ0) is 8.27. The third-order valence-electron chi connectivity index (χ3n) is 1.93. The van der Waals surface area contributed by atoms with Crippen LogP contribution in [-0.2, 0) is 9.63 Å². The van der Waals surface area contributed by atoms with Gasteiger partial charge >= 0.3 is 0 Å². The number of carbonyl (C=O) groups is 1. The molecule has 0 aromatic rings. The van der Waals surface area contributed by atoms with Gasteiger partial charge in [-0.2, -0.15) is 0 Å². The minimum Gasteiger partial charge on any atom is -0.316 e. The quantitative estimate of drug-likeness (QED) is 0.572. The molecular weight excluding hydrogens is 144 g/mol. The van der Waals surface area contributed by atoms with E-state index in [2.05, 4.69) is 5.32 Å². The van der Waals surface area contributed by atoms with Crippen LogP contribution in [0.1, 0.15) is 12.8 Å². The summed E-state index contributed by atoms with van der Waals surface area (Å²) in [6.07, 6.45) is 1.43. The van der Waals surface area contributed by atoms with Gasteiger partial charge < -0.3 is 5.32 Å². The van der Waals surface area contributed by atoms with Gasteiger partial charge in [-0.3, -0.25) is 9.63 Å². The van der Waals surface area contributed by atoms with Gasteiger partial charge in [0, 0.05) is 19.5 Å². The highest BCUT2D eigenvalue weighted by molar-refractivity contribution is 5.75. The summed E-state index contributed by atoms with van der Waals surface area (Å²) < 4.78 is 0. The molecule has 1 N–H and O–H groups in total.